The third-order valence-electron chi connectivity index (χ3n) is 4.51. The van der Waals surface area contributed by atoms with Crippen LogP contribution in [0.1, 0.15) is 37.1 Å². The van der Waals surface area contributed by atoms with Crippen LogP contribution in [0.5, 0.6) is 0 Å². The SMILES string of the molecule is CCNC(=O)CNC(=O)CSc1nc2sc3c(c2c(=O)n1CC)CCCC3. The topological polar surface area (TPSA) is 93.1 Å². The highest BCUT2D eigenvalue weighted by Gasteiger charge is 2.22. The summed E-state index contributed by atoms with van der Waals surface area (Å²) in [5.74, 6) is -0.360. The molecule has 3 rings (SSSR count). The van der Waals surface area contributed by atoms with Gasteiger partial charge in [-0.1, -0.05) is 11.8 Å². The van der Waals surface area contributed by atoms with Crippen LogP contribution in [0.3, 0.4) is 0 Å². The first-order chi connectivity index (χ1) is 13.0. The number of carbonyl (C=O) groups excluding carboxylic acids is 2. The molecule has 7 nitrogen and oxygen atoms in total. The minimum absolute atomic E-state index is 0.00729. The number of thioether (sulfide) groups is 1. The van der Waals surface area contributed by atoms with E-state index in [1.165, 1.54) is 22.2 Å². The van der Waals surface area contributed by atoms with Crippen LogP contribution in [0.25, 0.3) is 10.2 Å². The van der Waals surface area contributed by atoms with Crippen molar-refractivity contribution in [2.75, 3.05) is 18.8 Å². The standard InChI is InChI=1S/C18H24N4O3S2/c1-3-19-13(23)9-20-14(24)10-26-18-21-16-15(17(25)22(18)4-2)11-7-5-6-8-12(11)27-16/h3-10H2,1-2H3,(H,19,23)(H,20,24). The molecule has 0 radical (unpaired) electrons. The number of hydrogen-bond acceptors (Lipinski definition) is 6. The molecule has 1 aliphatic rings. The molecule has 0 atom stereocenters. The van der Waals surface area contributed by atoms with E-state index in [2.05, 4.69) is 10.6 Å². The quantitative estimate of drug-likeness (QED) is 0.537. The highest BCUT2D eigenvalue weighted by atomic mass is 32.2. The normalized spacial score (nSPS) is 13.4. The van der Waals surface area contributed by atoms with Crippen molar-refractivity contribution in [1.29, 1.82) is 0 Å². The van der Waals surface area contributed by atoms with E-state index in [0.717, 1.165) is 35.9 Å². The van der Waals surface area contributed by atoms with Gasteiger partial charge in [-0.25, -0.2) is 4.98 Å². The lowest BCUT2D eigenvalue weighted by atomic mass is 9.97. The zero-order valence-electron chi connectivity index (χ0n) is 15.6. The van der Waals surface area contributed by atoms with Crippen LogP contribution in [0.15, 0.2) is 9.95 Å². The largest absolute Gasteiger partial charge is 0.355 e. The number of likely N-dealkylation sites (N-methyl/N-ethyl adjacent to an activating group) is 1. The van der Waals surface area contributed by atoms with Gasteiger partial charge in [0.25, 0.3) is 5.56 Å². The summed E-state index contributed by atoms with van der Waals surface area (Å²) in [7, 11) is 0. The molecule has 0 bridgehead atoms. The summed E-state index contributed by atoms with van der Waals surface area (Å²) in [5, 5.41) is 6.53. The molecule has 146 valence electrons. The molecular weight excluding hydrogens is 384 g/mol. The molecule has 0 aliphatic heterocycles. The van der Waals surface area contributed by atoms with E-state index in [1.807, 2.05) is 13.8 Å². The second kappa shape index (κ2) is 8.88. The van der Waals surface area contributed by atoms with Gasteiger partial charge in [0.2, 0.25) is 11.8 Å². The predicted molar refractivity (Wildman–Crippen MR) is 109 cm³/mol. The van der Waals surface area contributed by atoms with Crippen LogP contribution < -0.4 is 16.2 Å². The van der Waals surface area contributed by atoms with Gasteiger partial charge in [-0.2, -0.15) is 0 Å². The van der Waals surface area contributed by atoms with Crippen molar-refractivity contribution in [3.63, 3.8) is 0 Å². The molecular formula is C18H24N4O3S2. The highest BCUT2D eigenvalue weighted by molar-refractivity contribution is 7.99. The first-order valence-electron chi connectivity index (χ1n) is 9.26. The number of carbonyl (C=O) groups is 2. The summed E-state index contributed by atoms with van der Waals surface area (Å²) in [4.78, 5) is 43.2. The van der Waals surface area contributed by atoms with E-state index in [9.17, 15) is 14.4 Å². The summed E-state index contributed by atoms with van der Waals surface area (Å²) in [6, 6.07) is 0. The van der Waals surface area contributed by atoms with E-state index in [1.54, 1.807) is 15.9 Å². The molecule has 2 aromatic rings. The summed E-state index contributed by atoms with van der Waals surface area (Å²) in [6.45, 7) is 4.73. The number of rotatable bonds is 7. The molecule has 0 fully saturated rings. The third-order valence-corrected chi connectivity index (χ3v) is 6.67. The highest BCUT2D eigenvalue weighted by Crippen LogP contribution is 2.34. The van der Waals surface area contributed by atoms with Crippen LogP contribution in [0.2, 0.25) is 0 Å². The fourth-order valence-electron chi connectivity index (χ4n) is 3.23. The average molecular weight is 409 g/mol. The van der Waals surface area contributed by atoms with Crippen molar-refractivity contribution in [3.05, 3.63) is 20.8 Å². The van der Waals surface area contributed by atoms with Crippen molar-refractivity contribution in [2.45, 2.75) is 51.2 Å². The number of amides is 2. The van der Waals surface area contributed by atoms with E-state index >= 15 is 0 Å². The van der Waals surface area contributed by atoms with Gasteiger partial charge in [-0.05, 0) is 45.1 Å². The number of nitrogens with zero attached hydrogens (tertiary/aromatic N) is 2. The van der Waals surface area contributed by atoms with E-state index in [4.69, 9.17) is 4.98 Å². The van der Waals surface area contributed by atoms with Crippen LogP contribution >= 0.6 is 23.1 Å². The van der Waals surface area contributed by atoms with Gasteiger partial charge in [-0.15, -0.1) is 11.3 Å². The Bertz CT molecular complexity index is 919. The molecule has 2 aromatic heterocycles. The smallest absolute Gasteiger partial charge is 0.263 e. The molecule has 27 heavy (non-hydrogen) atoms. The number of aromatic nitrogens is 2. The Kier molecular flexibility index (Phi) is 6.54. The first-order valence-corrected chi connectivity index (χ1v) is 11.1. The Balaban J connectivity index is 1.77. The maximum atomic E-state index is 13.0. The maximum absolute atomic E-state index is 13.0. The van der Waals surface area contributed by atoms with Gasteiger partial charge in [0.15, 0.2) is 5.16 Å². The second-order valence-corrected chi connectivity index (χ2v) is 8.38. The van der Waals surface area contributed by atoms with Crippen molar-refractivity contribution in [3.8, 4) is 0 Å². The molecule has 0 saturated carbocycles. The third kappa shape index (κ3) is 4.35. The molecule has 0 unspecified atom stereocenters. The van der Waals surface area contributed by atoms with Crippen molar-refractivity contribution in [2.24, 2.45) is 0 Å². The minimum atomic E-state index is -0.256. The summed E-state index contributed by atoms with van der Waals surface area (Å²) in [6.07, 6.45) is 4.25. The Labute approximate surface area is 165 Å². The van der Waals surface area contributed by atoms with Crippen molar-refractivity contribution < 1.29 is 9.59 Å². The lowest BCUT2D eigenvalue weighted by Gasteiger charge is -2.12. The van der Waals surface area contributed by atoms with Crippen molar-refractivity contribution >= 4 is 45.1 Å². The number of nitrogens with one attached hydrogen (secondary N) is 2. The number of thiophene rings is 1. The molecule has 0 saturated heterocycles. The number of aryl methyl sites for hydroxylation is 2. The fourth-order valence-corrected chi connectivity index (χ4v) is 5.42. The molecule has 2 N–H and O–H groups in total. The van der Waals surface area contributed by atoms with E-state index < -0.39 is 0 Å². The van der Waals surface area contributed by atoms with E-state index in [0.29, 0.717) is 18.2 Å². The Morgan fingerprint density at radius 3 is 2.70 bits per heavy atom. The van der Waals surface area contributed by atoms with Crippen LogP contribution in [0, 0.1) is 0 Å². The second-order valence-electron chi connectivity index (χ2n) is 6.35. The van der Waals surface area contributed by atoms with Gasteiger partial charge in [-0.3, -0.25) is 19.0 Å². The molecule has 2 amide bonds. The monoisotopic (exact) mass is 408 g/mol. The Hall–Kier alpha value is -1.87. The molecule has 1 aliphatic carbocycles. The Morgan fingerprint density at radius 1 is 1.19 bits per heavy atom. The Morgan fingerprint density at radius 2 is 1.96 bits per heavy atom. The van der Waals surface area contributed by atoms with Crippen LogP contribution in [-0.4, -0.2) is 40.2 Å². The predicted octanol–water partition coefficient (Wildman–Crippen LogP) is 1.70. The van der Waals surface area contributed by atoms with Gasteiger partial charge in [0.05, 0.1) is 17.7 Å². The fraction of sp³-hybridized carbons (Fsp3) is 0.556. The number of fused-ring (bicyclic) bond motifs is 3. The summed E-state index contributed by atoms with van der Waals surface area (Å²) < 4.78 is 1.64. The average Bonchev–Trinajstić information content (AvgIpc) is 3.03. The molecule has 0 spiro atoms. The lowest BCUT2D eigenvalue weighted by molar-refractivity contribution is -0.124. The summed E-state index contributed by atoms with van der Waals surface area (Å²) >= 11 is 2.84. The van der Waals surface area contributed by atoms with Gasteiger partial charge in [0.1, 0.15) is 4.83 Å². The van der Waals surface area contributed by atoms with Crippen LogP contribution in [0.4, 0.5) is 0 Å². The van der Waals surface area contributed by atoms with Crippen LogP contribution in [-0.2, 0) is 29.0 Å². The number of hydrogen-bond donors (Lipinski definition) is 2. The first kappa shape index (κ1) is 19.9. The van der Waals surface area contributed by atoms with E-state index in [-0.39, 0.29) is 29.7 Å². The molecule has 0 aromatic carbocycles. The van der Waals surface area contributed by atoms with Crippen molar-refractivity contribution in [1.82, 2.24) is 20.2 Å². The lowest BCUT2D eigenvalue weighted by Crippen LogP contribution is -2.37. The zero-order chi connectivity index (χ0) is 19.4. The summed E-state index contributed by atoms with van der Waals surface area (Å²) in [5.41, 5.74) is 1.17. The maximum Gasteiger partial charge on any atom is 0.263 e. The van der Waals surface area contributed by atoms with Gasteiger partial charge >= 0.3 is 0 Å². The minimum Gasteiger partial charge on any atom is -0.355 e. The van der Waals surface area contributed by atoms with Gasteiger partial charge < -0.3 is 10.6 Å². The molecule has 9 heteroatoms. The van der Waals surface area contributed by atoms with Gasteiger partial charge in [0, 0.05) is 18.0 Å². The zero-order valence-corrected chi connectivity index (χ0v) is 17.2. The molecule has 2 heterocycles.